The summed E-state index contributed by atoms with van der Waals surface area (Å²) >= 11 is 3.28. The van der Waals surface area contributed by atoms with Crippen molar-refractivity contribution < 1.29 is 24.2 Å². The Kier molecular flexibility index (Phi) is 7.51. The van der Waals surface area contributed by atoms with Crippen LogP contribution in [0.2, 0.25) is 0 Å². The highest BCUT2D eigenvalue weighted by molar-refractivity contribution is 9.10. The molecule has 0 bridgehead atoms. The van der Waals surface area contributed by atoms with Crippen molar-refractivity contribution >= 4 is 39.6 Å². The molecule has 3 N–H and O–H groups in total. The van der Waals surface area contributed by atoms with Gasteiger partial charge in [-0.1, -0.05) is 61.5 Å². The third-order valence-electron chi connectivity index (χ3n) is 6.10. The average Bonchev–Trinajstić information content (AvgIpc) is 3.17. The van der Waals surface area contributed by atoms with Crippen molar-refractivity contribution in [3.8, 4) is 11.1 Å². The van der Waals surface area contributed by atoms with Crippen molar-refractivity contribution in [2.45, 2.75) is 31.7 Å². The van der Waals surface area contributed by atoms with Crippen LogP contribution in [-0.2, 0) is 9.53 Å². The van der Waals surface area contributed by atoms with Crippen LogP contribution in [0.1, 0.15) is 47.2 Å². The highest BCUT2D eigenvalue weighted by atomic mass is 79.9. The molecule has 2 amide bonds. The molecule has 35 heavy (non-hydrogen) atoms. The second-order valence-corrected chi connectivity index (χ2v) is 9.15. The molecule has 7 nitrogen and oxygen atoms in total. The molecule has 0 saturated carbocycles. The molecule has 1 aliphatic rings. The van der Waals surface area contributed by atoms with Crippen LogP contribution in [0.5, 0.6) is 0 Å². The number of hydrogen-bond acceptors (Lipinski definition) is 4. The van der Waals surface area contributed by atoms with Crippen molar-refractivity contribution in [1.82, 2.24) is 5.32 Å². The molecule has 0 heterocycles. The smallest absolute Gasteiger partial charge is 0.407 e. The molecule has 3 aromatic carbocycles. The fourth-order valence-electron chi connectivity index (χ4n) is 4.35. The summed E-state index contributed by atoms with van der Waals surface area (Å²) in [6.45, 7) is 2.03. The first kappa shape index (κ1) is 24.5. The summed E-state index contributed by atoms with van der Waals surface area (Å²) in [5.41, 5.74) is 4.69. The summed E-state index contributed by atoms with van der Waals surface area (Å²) in [5, 5.41) is 14.8. The second kappa shape index (κ2) is 10.7. The predicted molar refractivity (Wildman–Crippen MR) is 137 cm³/mol. The minimum absolute atomic E-state index is 0.0229. The third kappa shape index (κ3) is 5.38. The summed E-state index contributed by atoms with van der Waals surface area (Å²) in [6.07, 6.45) is -0.126. The number of carbonyl (C=O) groups is 3. The fourth-order valence-corrected chi connectivity index (χ4v) is 4.81. The molecule has 4 rings (SSSR count). The molecule has 0 saturated heterocycles. The van der Waals surface area contributed by atoms with E-state index in [1.165, 1.54) is 6.07 Å². The lowest BCUT2D eigenvalue weighted by Gasteiger charge is -2.19. The van der Waals surface area contributed by atoms with Crippen LogP contribution in [0.4, 0.5) is 10.5 Å². The summed E-state index contributed by atoms with van der Waals surface area (Å²) in [5.74, 6) is -1.61. The summed E-state index contributed by atoms with van der Waals surface area (Å²) < 4.78 is 6.04. The zero-order chi connectivity index (χ0) is 24.9. The van der Waals surface area contributed by atoms with Gasteiger partial charge in [0.05, 0.1) is 11.3 Å². The second-order valence-electron chi connectivity index (χ2n) is 8.29. The van der Waals surface area contributed by atoms with Crippen LogP contribution in [0.3, 0.4) is 0 Å². The van der Waals surface area contributed by atoms with Crippen molar-refractivity contribution in [2.75, 3.05) is 11.9 Å². The number of rotatable bonds is 8. The van der Waals surface area contributed by atoms with E-state index < -0.39 is 24.0 Å². The van der Waals surface area contributed by atoms with E-state index in [9.17, 15) is 19.5 Å². The number of carboxylic acids is 1. The van der Waals surface area contributed by atoms with Gasteiger partial charge in [-0.05, 0) is 56.7 Å². The van der Waals surface area contributed by atoms with Crippen molar-refractivity contribution in [2.24, 2.45) is 0 Å². The zero-order valence-electron chi connectivity index (χ0n) is 19.1. The van der Waals surface area contributed by atoms with E-state index in [0.717, 1.165) is 22.3 Å². The normalized spacial score (nSPS) is 12.9. The lowest BCUT2D eigenvalue weighted by molar-refractivity contribution is -0.116. The number of fused-ring (bicyclic) bond motifs is 3. The average molecular weight is 537 g/mol. The van der Waals surface area contributed by atoms with Gasteiger partial charge in [-0.3, -0.25) is 4.79 Å². The first-order valence-electron chi connectivity index (χ1n) is 11.3. The first-order valence-corrected chi connectivity index (χ1v) is 12.1. The molecule has 1 atom stereocenters. The Morgan fingerprint density at radius 3 is 2.20 bits per heavy atom. The molecular weight excluding hydrogens is 512 g/mol. The van der Waals surface area contributed by atoms with Crippen LogP contribution in [-0.4, -0.2) is 35.7 Å². The van der Waals surface area contributed by atoms with Gasteiger partial charge in [0.2, 0.25) is 5.91 Å². The standard InChI is InChI=1S/C27H25BrN2O5/c1-2-16(14-24(31)30-25-21(26(32)33)12-7-13-23(25)28)29-27(34)35-15-22-19-10-5-3-8-17(19)18-9-4-6-11-20(18)22/h3-13,16,22H,2,14-15H2,1H3,(H,29,34)(H,30,31)(H,32,33). The maximum atomic E-state index is 12.6. The minimum atomic E-state index is -1.15. The molecule has 0 fully saturated rings. The number of amides is 2. The van der Waals surface area contributed by atoms with E-state index in [1.54, 1.807) is 12.1 Å². The molecule has 0 radical (unpaired) electrons. The number of anilines is 1. The summed E-state index contributed by atoms with van der Waals surface area (Å²) in [6, 6.07) is 20.4. The number of halogens is 1. The number of ether oxygens (including phenoxy) is 1. The predicted octanol–water partition coefficient (Wildman–Crippen LogP) is 5.79. The van der Waals surface area contributed by atoms with Crippen molar-refractivity contribution in [3.05, 3.63) is 87.9 Å². The van der Waals surface area contributed by atoms with E-state index in [1.807, 2.05) is 43.3 Å². The quantitative estimate of drug-likeness (QED) is 0.337. The third-order valence-corrected chi connectivity index (χ3v) is 6.76. The van der Waals surface area contributed by atoms with Crippen LogP contribution >= 0.6 is 15.9 Å². The summed E-state index contributed by atoms with van der Waals surface area (Å²) in [4.78, 5) is 36.7. The zero-order valence-corrected chi connectivity index (χ0v) is 20.7. The van der Waals surface area contributed by atoms with Crippen molar-refractivity contribution in [3.63, 3.8) is 0 Å². The maximum Gasteiger partial charge on any atom is 0.407 e. The molecule has 0 spiro atoms. The van der Waals surface area contributed by atoms with Gasteiger partial charge >= 0.3 is 12.1 Å². The minimum Gasteiger partial charge on any atom is -0.478 e. The molecule has 0 aliphatic heterocycles. The first-order chi connectivity index (χ1) is 16.9. The number of aromatic carboxylic acids is 1. The van der Waals surface area contributed by atoms with E-state index in [4.69, 9.17) is 4.74 Å². The maximum absolute atomic E-state index is 12.6. The Morgan fingerprint density at radius 2 is 1.60 bits per heavy atom. The fraction of sp³-hybridized carbons (Fsp3) is 0.222. The van der Waals surface area contributed by atoms with Gasteiger partial charge in [0, 0.05) is 22.9 Å². The molecular formula is C27H25BrN2O5. The molecule has 180 valence electrons. The Morgan fingerprint density at radius 1 is 0.971 bits per heavy atom. The molecule has 8 heteroatoms. The van der Waals surface area contributed by atoms with Gasteiger partial charge in [-0.2, -0.15) is 0 Å². The van der Waals surface area contributed by atoms with Gasteiger partial charge in [-0.25, -0.2) is 9.59 Å². The monoisotopic (exact) mass is 536 g/mol. The highest BCUT2D eigenvalue weighted by Crippen LogP contribution is 2.44. The number of carboxylic acid groups (broad SMARTS) is 1. The van der Waals surface area contributed by atoms with Crippen molar-refractivity contribution in [1.29, 1.82) is 0 Å². The highest BCUT2D eigenvalue weighted by Gasteiger charge is 2.29. The van der Waals surface area contributed by atoms with Crippen LogP contribution in [0.25, 0.3) is 11.1 Å². The van der Waals surface area contributed by atoms with E-state index in [2.05, 4.69) is 38.7 Å². The van der Waals surface area contributed by atoms with Crippen LogP contribution in [0, 0.1) is 0 Å². The molecule has 1 aliphatic carbocycles. The number of carbonyl (C=O) groups excluding carboxylic acids is 2. The Hall–Kier alpha value is -3.65. The van der Waals surface area contributed by atoms with Gasteiger partial charge < -0.3 is 20.5 Å². The number of hydrogen-bond donors (Lipinski definition) is 3. The van der Waals surface area contributed by atoms with E-state index in [0.29, 0.717) is 10.9 Å². The Bertz CT molecular complexity index is 1230. The van der Waals surface area contributed by atoms with E-state index >= 15 is 0 Å². The Balaban J connectivity index is 1.36. The molecule has 0 aromatic heterocycles. The van der Waals surface area contributed by atoms with E-state index in [-0.39, 0.29) is 30.2 Å². The number of alkyl carbamates (subject to hydrolysis) is 1. The topological polar surface area (TPSA) is 105 Å². The molecule has 1 unspecified atom stereocenters. The van der Waals surface area contributed by atoms with Gasteiger partial charge in [0.25, 0.3) is 0 Å². The van der Waals surface area contributed by atoms with Gasteiger partial charge in [0.1, 0.15) is 6.61 Å². The number of nitrogens with one attached hydrogen (secondary N) is 2. The van der Waals surface area contributed by atoms with Gasteiger partial charge in [-0.15, -0.1) is 0 Å². The SMILES string of the molecule is CCC(CC(=O)Nc1c(Br)cccc1C(=O)O)NC(=O)OCC1c2ccccc2-c2ccccc21. The molecule has 3 aromatic rings. The van der Waals surface area contributed by atoms with Gasteiger partial charge in [0.15, 0.2) is 0 Å². The van der Waals surface area contributed by atoms with Crippen LogP contribution in [0.15, 0.2) is 71.2 Å². The number of benzene rings is 3. The lowest BCUT2D eigenvalue weighted by Crippen LogP contribution is -2.38. The Labute approximate surface area is 211 Å². The lowest BCUT2D eigenvalue weighted by atomic mass is 9.98. The number of para-hydroxylation sites is 1. The van der Waals surface area contributed by atoms with Crippen LogP contribution < -0.4 is 10.6 Å². The summed E-state index contributed by atoms with van der Waals surface area (Å²) in [7, 11) is 0. The largest absolute Gasteiger partial charge is 0.478 e.